The summed E-state index contributed by atoms with van der Waals surface area (Å²) in [5, 5.41) is 0. The van der Waals surface area contributed by atoms with Gasteiger partial charge < -0.3 is 14.4 Å². The molecule has 0 spiro atoms. The maximum absolute atomic E-state index is 9.63. The van der Waals surface area contributed by atoms with Crippen LogP contribution in [0.2, 0.25) is 0 Å². The van der Waals surface area contributed by atoms with E-state index >= 15 is 0 Å². The number of hydrogen-bond acceptors (Lipinski definition) is 3. The van der Waals surface area contributed by atoms with Gasteiger partial charge in [-0.25, -0.2) is 0 Å². The van der Waals surface area contributed by atoms with Crippen LogP contribution < -0.4 is 126 Å². The van der Waals surface area contributed by atoms with Crippen LogP contribution in [-0.2, 0) is 4.57 Å². The van der Waals surface area contributed by atoms with Gasteiger partial charge in [-0.15, -0.1) is 6.58 Å². The van der Waals surface area contributed by atoms with Gasteiger partial charge in [-0.1, -0.05) is 13.7 Å². The van der Waals surface area contributed by atoms with Crippen LogP contribution in [0.15, 0.2) is 12.7 Å². The van der Waals surface area contributed by atoms with Crippen molar-refractivity contribution < 1.29 is 131 Å². The summed E-state index contributed by atoms with van der Waals surface area (Å²) in [6, 6.07) is 0. The smallest absolute Gasteiger partial charge is 0.811 e. The zero-order chi connectivity index (χ0) is 5.91. The molecule has 0 heterocycles. The van der Waals surface area contributed by atoms with Crippen molar-refractivity contribution in [3.63, 3.8) is 0 Å². The average molecular weight is 291 g/mol. The van der Waals surface area contributed by atoms with Crippen molar-refractivity contribution in [3.8, 4) is 0 Å². The van der Waals surface area contributed by atoms with Gasteiger partial charge in [0.25, 0.3) is 0 Å². The minimum Gasteiger partial charge on any atom is -0.811 e. The third kappa shape index (κ3) is 18.5. The second kappa shape index (κ2) is 9.59. The Bertz CT molecular complexity index is 110. The van der Waals surface area contributed by atoms with Crippen LogP contribution in [0.1, 0.15) is 0 Å². The molecule has 0 aromatic carbocycles. The molecule has 0 saturated carbocycles. The summed E-state index contributed by atoms with van der Waals surface area (Å²) in [7, 11) is -4.28. The fraction of sp³-hybridized carbons (Fsp3) is 0.333. The van der Waals surface area contributed by atoms with Gasteiger partial charge in [0.15, 0.2) is 0 Å². The second-order valence-electron chi connectivity index (χ2n) is 1.08. The number of rotatable bonds is 2. The van der Waals surface area contributed by atoms with Gasteiger partial charge in [-0.05, 0) is 6.16 Å². The molecule has 0 radical (unpaired) electrons. The van der Waals surface area contributed by atoms with Gasteiger partial charge in [-0.2, -0.15) is 0 Å². The summed E-state index contributed by atoms with van der Waals surface area (Å²) in [4.78, 5) is 19.3. The summed E-state index contributed by atoms with van der Waals surface area (Å²) in [6.45, 7) is 3.07. The van der Waals surface area contributed by atoms with E-state index in [9.17, 15) is 14.4 Å². The first kappa shape index (κ1) is 18.3. The first-order valence-corrected chi connectivity index (χ1v) is 3.41. The van der Waals surface area contributed by atoms with Gasteiger partial charge in [-0.3, -0.25) is 0 Å². The minimum absolute atomic E-state index is 0. The van der Waals surface area contributed by atoms with Crippen molar-refractivity contribution in [2.24, 2.45) is 0 Å². The fourth-order valence-corrected chi connectivity index (χ4v) is 0.474. The normalized spacial score (nSPS) is 8.67. The zero-order valence-corrected chi connectivity index (χ0v) is 16.4. The van der Waals surface area contributed by atoms with E-state index in [-0.39, 0.29) is 116 Å². The quantitative estimate of drug-likeness (QED) is 0.375. The molecule has 0 unspecified atom stereocenters. The molecule has 42 valence electrons. The summed E-state index contributed by atoms with van der Waals surface area (Å²) in [5.41, 5.74) is 0. The van der Waals surface area contributed by atoms with Crippen molar-refractivity contribution in [1.29, 1.82) is 0 Å². The van der Waals surface area contributed by atoms with E-state index < -0.39 is 13.8 Å². The van der Waals surface area contributed by atoms with E-state index in [1.165, 1.54) is 0 Å². The predicted molar refractivity (Wildman–Crippen MR) is 22.7 cm³/mol. The zero-order valence-electron chi connectivity index (χ0n) is 5.66. The first-order valence-electron chi connectivity index (χ1n) is 1.68. The molecule has 0 amide bonds. The Morgan fingerprint density at radius 1 is 1.44 bits per heavy atom. The van der Waals surface area contributed by atoms with E-state index in [1.807, 2.05) is 0 Å². The predicted octanol–water partition coefficient (Wildman–Crippen LogP) is -6.91. The van der Waals surface area contributed by atoms with E-state index in [0.29, 0.717) is 0 Å². The van der Waals surface area contributed by atoms with E-state index in [0.717, 1.165) is 6.08 Å². The third-order valence-electron chi connectivity index (χ3n) is 0.353. The molecule has 0 rings (SSSR count). The molecule has 0 atom stereocenters. The van der Waals surface area contributed by atoms with E-state index in [1.54, 1.807) is 0 Å². The van der Waals surface area contributed by atoms with Crippen molar-refractivity contribution in [2.45, 2.75) is 0 Å². The maximum Gasteiger partial charge on any atom is 1.00 e. The molecular formula is C3H5O3PRb2. The summed E-state index contributed by atoms with van der Waals surface area (Å²) >= 11 is 0. The van der Waals surface area contributed by atoms with Gasteiger partial charge in [0.2, 0.25) is 0 Å². The van der Waals surface area contributed by atoms with Crippen molar-refractivity contribution in [2.75, 3.05) is 6.16 Å². The van der Waals surface area contributed by atoms with E-state index in [2.05, 4.69) is 6.58 Å². The average Bonchev–Trinajstić information content (AvgIpc) is 1.30. The van der Waals surface area contributed by atoms with Crippen LogP contribution in [0.4, 0.5) is 0 Å². The van der Waals surface area contributed by atoms with Crippen LogP contribution in [-0.4, -0.2) is 6.16 Å². The van der Waals surface area contributed by atoms with Crippen molar-refractivity contribution in [3.05, 3.63) is 12.7 Å². The number of allylic oxidation sites excluding steroid dienone is 1. The van der Waals surface area contributed by atoms with Crippen LogP contribution in [0, 0.1) is 0 Å². The van der Waals surface area contributed by atoms with Crippen LogP contribution in [0.25, 0.3) is 0 Å². The van der Waals surface area contributed by atoms with E-state index in [4.69, 9.17) is 0 Å². The Hall–Kier alpha value is 3.50. The molecule has 3 nitrogen and oxygen atoms in total. The van der Waals surface area contributed by atoms with Gasteiger partial charge in [0, 0.05) is 0 Å². The third-order valence-corrected chi connectivity index (χ3v) is 1.06. The molecule has 0 aliphatic heterocycles. The Labute approximate surface area is 152 Å². The SMILES string of the molecule is C=CCP(=O)([O-])[O-].[Rb+].[Rb+]. The van der Waals surface area contributed by atoms with Gasteiger partial charge >= 0.3 is 116 Å². The Morgan fingerprint density at radius 2 is 1.78 bits per heavy atom. The molecule has 0 N–H and O–H groups in total. The molecule has 0 aliphatic rings. The molecule has 6 heteroatoms. The van der Waals surface area contributed by atoms with Crippen LogP contribution >= 0.6 is 7.60 Å². The molecule has 0 aromatic rings. The molecule has 0 fully saturated rings. The molecule has 0 saturated heterocycles. The summed E-state index contributed by atoms with van der Waals surface area (Å²) in [6.07, 6.45) is 0.619. The molecule has 0 aliphatic carbocycles. The largest absolute Gasteiger partial charge is 1.00 e. The monoisotopic (exact) mass is 290 g/mol. The minimum atomic E-state index is -4.28. The Morgan fingerprint density at radius 3 is 1.78 bits per heavy atom. The van der Waals surface area contributed by atoms with Crippen molar-refractivity contribution >= 4 is 7.60 Å². The topological polar surface area (TPSA) is 63.2 Å². The standard InChI is InChI=1S/C3H7O3P.2Rb/c1-2-3-7(4,5)6;;/h2H,1,3H2,(H2,4,5,6);;/q;2*+1/p-2. The molecular weight excluding hydrogens is 286 g/mol. The first-order chi connectivity index (χ1) is 3.06. The molecule has 9 heavy (non-hydrogen) atoms. The van der Waals surface area contributed by atoms with Crippen LogP contribution in [0.3, 0.4) is 0 Å². The van der Waals surface area contributed by atoms with Gasteiger partial charge in [0.05, 0.1) is 0 Å². The van der Waals surface area contributed by atoms with Gasteiger partial charge in [0.1, 0.15) is 0 Å². The molecule has 0 bridgehead atoms. The Balaban J connectivity index is -0.000000180. The van der Waals surface area contributed by atoms with Crippen molar-refractivity contribution in [1.82, 2.24) is 0 Å². The summed E-state index contributed by atoms with van der Waals surface area (Å²) in [5.74, 6) is 0. The fourth-order valence-electron chi connectivity index (χ4n) is 0.158. The summed E-state index contributed by atoms with van der Waals surface area (Å²) < 4.78 is 9.63. The van der Waals surface area contributed by atoms with Crippen LogP contribution in [0.5, 0.6) is 0 Å². The second-order valence-corrected chi connectivity index (χ2v) is 2.67. The number of hydrogen-bond donors (Lipinski definition) is 0. The maximum atomic E-state index is 9.63. The molecule has 0 aromatic heterocycles. The Kier molecular flexibility index (Phi) is 19.5.